The van der Waals surface area contributed by atoms with Crippen LogP contribution in [0.3, 0.4) is 0 Å². The molecule has 0 unspecified atom stereocenters. The first kappa shape index (κ1) is 12.1. The van der Waals surface area contributed by atoms with Crippen LogP contribution in [0.1, 0.15) is 16.9 Å². The molecule has 0 fully saturated rings. The monoisotopic (exact) mass is 343 g/mol. The standard InChI is InChI=1S/C12H10INO3/c1-17-10(16)6-9(15)12-11(13)7-4-2-3-5-8(7)14-12/h2-5,14H,6H2,1H3. The summed E-state index contributed by atoms with van der Waals surface area (Å²) in [5.74, 6) is -0.776. The normalized spacial score (nSPS) is 10.5. The van der Waals surface area contributed by atoms with E-state index in [4.69, 9.17) is 0 Å². The number of halogens is 1. The number of fused-ring (bicyclic) bond motifs is 1. The van der Waals surface area contributed by atoms with Gasteiger partial charge in [-0.15, -0.1) is 0 Å². The van der Waals surface area contributed by atoms with Gasteiger partial charge >= 0.3 is 5.97 Å². The van der Waals surface area contributed by atoms with E-state index in [0.29, 0.717) is 5.69 Å². The van der Waals surface area contributed by atoms with Crippen LogP contribution < -0.4 is 0 Å². The van der Waals surface area contributed by atoms with Gasteiger partial charge in [-0.25, -0.2) is 0 Å². The van der Waals surface area contributed by atoms with Crippen molar-refractivity contribution in [2.75, 3.05) is 7.11 Å². The van der Waals surface area contributed by atoms with Gasteiger partial charge in [0.05, 0.1) is 12.8 Å². The highest BCUT2D eigenvalue weighted by Gasteiger charge is 2.18. The Kier molecular flexibility index (Phi) is 3.46. The average Bonchev–Trinajstić information content (AvgIpc) is 2.67. The van der Waals surface area contributed by atoms with Crippen LogP contribution in [0.15, 0.2) is 24.3 Å². The lowest BCUT2D eigenvalue weighted by molar-refractivity contribution is -0.139. The van der Waals surface area contributed by atoms with E-state index in [1.54, 1.807) is 0 Å². The summed E-state index contributed by atoms with van der Waals surface area (Å²) in [7, 11) is 1.27. The SMILES string of the molecule is COC(=O)CC(=O)c1[nH]c2ccccc2c1I. The highest BCUT2D eigenvalue weighted by molar-refractivity contribution is 14.1. The molecule has 2 rings (SSSR count). The van der Waals surface area contributed by atoms with Crippen LogP contribution in [-0.2, 0) is 9.53 Å². The number of para-hydroxylation sites is 1. The number of hydrogen-bond donors (Lipinski definition) is 1. The lowest BCUT2D eigenvalue weighted by Gasteiger charge is -1.97. The van der Waals surface area contributed by atoms with Crippen molar-refractivity contribution >= 4 is 45.2 Å². The maximum Gasteiger partial charge on any atom is 0.313 e. The number of hydrogen-bond acceptors (Lipinski definition) is 3. The predicted octanol–water partition coefficient (Wildman–Crippen LogP) is 2.52. The van der Waals surface area contributed by atoms with Gasteiger partial charge in [0.25, 0.3) is 0 Å². The highest BCUT2D eigenvalue weighted by Crippen LogP contribution is 2.24. The molecular formula is C12H10INO3. The third kappa shape index (κ3) is 2.33. The van der Waals surface area contributed by atoms with Crippen LogP contribution in [-0.4, -0.2) is 23.8 Å². The fourth-order valence-electron chi connectivity index (χ4n) is 1.59. The first-order valence-electron chi connectivity index (χ1n) is 4.99. The lowest BCUT2D eigenvalue weighted by Crippen LogP contribution is -2.10. The van der Waals surface area contributed by atoms with Crippen LogP contribution in [0.5, 0.6) is 0 Å². The number of rotatable bonds is 3. The number of esters is 1. The average molecular weight is 343 g/mol. The maximum atomic E-state index is 11.9. The van der Waals surface area contributed by atoms with E-state index in [1.807, 2.05) is 24.3 Å². The first-order valence-corrected chi connectivity index (χ1v) is 6.07. The lowest BCUT2D eigenvalue weighted by atomic mass is 10.2. The summed E-state index contributed by atoms with van der Waals surface area (Å²) in [6, 6.07) is 7.63. The molecule has 1 aromatic heterocycles. The number of methoxy groups -OCH3 is 1. The Bertz CT molecular complexity index is 588. The van der Waals surface area contributed by atoms with Crippen molar-refractivity contribution in [2.24, 2.45) is 0 Å². The molecule has 0 spiro atoms. The minimum Gasteiger partial charge on any atom is -0.469 e. The third-order valence-electron chi connectivity index (χ3n) is 2.45. The zero-order valence-corrected chi connectivity index (χ0v) is 11.3. The number of Topliss-reactive ketones (excluding diaryl/α,β-unsaturated/α-hetero) is 1. The molecule has 4 nitrogen and oxygen atoms in total. The topological polar surface area (TPSA) is 59.2 Å². The molecule has 0 radical (unpaired) electrons. The van der Waals surface area contributed by atoms with Crippen LogP contribution in [0.4, 0.5) is 0 Å². The van der Waals surface area contributed by atoms with Crippen molar-refractivity contribution in [1.29, 1.82) is 0 Å². The zero-order valence-electron chi connectivity index (χ0n) is 9.12. The Morgan fingerprint density at radius 3 is 2.71 bits per heavy atom. The van der Waals surface area contributed by atoms with E-state index < -0.39 is 5.97 Å². The molecule has 0 bridgehead atoms. The molecule has 17 heavy (non-hydrogen) atoms. The van der Waals surface area contributed by atoms with Gasteiger partial charge in [0.15, 0.2) is 5.78 Å². The number of carbonyl (C=O) groups is 2. The van der Waals surface area contributed by atoms with Crippen LogP contribution >= 0.6 is 22.6 Å². The molecule has 5 heteroatoms. The van der Waals surface area contributed by atoms with E-state index in [1.165, 1.54) is 7.11 Å². The number of nitrogens with one attached hydrogen (secondary N) is 1. The molecular weight excluding hydrogens is 333 g/mol. The van der Waals surface area contributed by atoms with Crippen LogP contribution in [0.2, 0.25) is 0 Å². The molecule has 1 aromatic carbocycles. The Labute approximate surface area is 111 Å². The van der Waals surface area contributed by atoms with E-state index in [0.717, 1.165) is 14.5 Å². The second-order valence-corrected chi connectivity index (χ2v) is 4.61. The molecule has 1 N–H and O–H groups in total. The van der Waals surface area contributed by atoms with Crippen LogP contribution in [0.25, 0.3) is 10.9 Å². The van der Waals surface area contributed by atoms with Crippen LogP contribution in [0, 0.1) is 3.57 Å². The van der Waals surface area contributed by atoms with Gasteiger partial charge in [-0.3, -0.25) is 9.59 Å². The highest BCUT2D eigenvalue weighted by atomic mass is 127. The number of H-pyrrole nitrogens is 1. The van der Waals surface area contributed by atoms with Crippen molar-refractivity contribution in [3.63, 3.8) is 0 Å². The van der Waals surface area contributed by atoms with E-state index in [-0.39, 0.29) is 12.2 Å². The molecule has 0 aliphatic rings. The molecule has 88 valence electrons. The molecule has 0 atom stereocenters. The summed E-state index contributed by atoms with van der Waals surface area (Å²) in [5, 5.41) is 0.987. The molecule has 2 aromatic rings. The fraction of sp³-hybridized carbons (Fsp3) is 0.167. The number of aromatic nitrogens is 1. The quantitative estimate of drug-likeness (QED) is 0.403. The second kappa shape index (κ2) is 4.87. The predicted molar refractivity (Wildman–Crippen MR) is 72.0 cm³/mol. The first-order chi connectivity index (χ1) is 8.13. The number of carbonyl (C=O) groups excluding carboxylic acids is 2. The molecule has 0 aliphatic heterocycles. The van der Waals surface area contributed by atoms with Gasteiger partial charge in [0.1, 0.15) is 6.42 Å². The number of ether oxygens (including phenoxy) is 1. The summed E-state index contributed by atoms with van der Waals surface area (Å²) < 4.78 is 5.32. The zero-order chi connectivity index (χ0) is 12.4. The third-order valence-corrected chi connectivity index (χ3v) is 3.57. The number of benzene rings is 1. The summed E-state index contributed by atoms with van der Waals surface area (Å²) in [6.45, 7) is 0. The van der Waals surface area contributed by atoms with Gasteiger partial charge in [-0.1, -0.05) is 18.2 Å². The van der Waals surface area contributed by atoms with Gasteiger partial charge in [0, 0.05) is 14.5 Å². The van der Waals surface area contributed by atoms with Crippen molar-refractivity contribution in [2.45, 2.75) is 6.42 Å². The smallest absolute Gasteiger partial charge is 0.313 e. The summed E-state index contributed by atoms with van der Waals surface area (Å²) >= 11 is 2.10. The van der Waals surface area contributed by atoms with Gasteiger partial charge in [-0.05, 0) is 28.7 Å². The van der Waals surface area contributed by atoms with E-state index in [2.05, 4.69) is 32.3 Å². The molecule has 0 saturated carbocycles. The van der Waals surface area contributed by atoms with Crippen molar-refractivity contribution in [3.05, 3.63) is 33.5 Å². The minimum atomic E-state index is -0.524. The Balaban J connectivity index is 2.39. The number of aromatic amines is 1. The molecule has 0 aliphatic carbocycles. The van der Waals surface area contributed by atoms with Crippen molar-refractivity contribution in [3.8, 4) is 0 Å². The maximum absolute atomic E-state index is 11.9. The largest absolute Gasteiger partial charge is 0.469 e. The second-order valence-electron chi connectivity index (χ2n) is 3.54. The fourth-order valence-corrected chi connectivity index (χ4v) is 2.50. The van der Waals surface area contributed by atoms with E-state index in [9.17, 15) is 9.59 Å². The molecule has 0 amide bonds. The van der Waals surface area contributed by atoms with Gasteiger partial charge < -0.3 is 9.72 Å². The van der Waals surface area contributed by atoms with Crippen molar-refractivity contribution in [1.82, 2.24) is 4.98 Å². The van der Waals surface area contributed by atoms with Gasteiger partial charge in [-0.2, -0.15) is 0 Å². The van der Waals surface area contributed by atoms with E-state index >= 15 is 0 Å². The Morgan fingerprint density at radius 1 is 1.35 bits per heavy atom. The number of ketones is 1. The Morgan fingerprint density at radius 2 is 2.06 bits per heavy atom. The van der Waals surface area contributed by atoms with Crippen molar-refractivity contribution < 1.29 is 14.3 Å². The summed E-state index contributed by atoms with van der Waals surface area (Å²) in [4.78, 5) is 26.0. The summed E-state index contributed by atoms with van der Waals surface area (Å²) in [5.41, 5.74) is 1.36. The summed E-state index contributed by atoms with van der Waals surface area (Å²) in [6.07, 6.45) is -0.237. The minimum absolute atomic E-state index is 0.237. The Hall–Kier alpha value is -1.37. The molecule has 1 heterocycles. The van der Waals surface area contributed by atoms with Gasteiger partial charge in [0.2, 0.25) is 0 Å². The molecule has 0 saturated heterocycles.